The van der Waals surface area contributed by atoms with E-state index in [4.69, 9.17) is 0 Å². The van der Waals surface area contributed by atoms with Gasteiger partial charge in [0.2, 0.25) is 5.91 Å². The largest absolute Gasteiger partial charge is 0.416 e. The molecule has 34 heavy (non-hydrogen) atoms. The van der Waals surface area contributed by atoms with E-state index in [2.05, 4.69) is 20.5 Å². The van der Waals surface area contributed by atoms with Gasteiger partial charge < -0.3 is 10.6 Å². The maximum absolute atomic E-state index is 12.8. The maximum atomic E-state index is 12.8. The standard InChI is InChI=1S/C23H26F3N5O3/c24-23(25,26)16-3-1-2-15(10-16)22(34)28-11-20(32)29-17-12-30(13-17)18-4-6-19(7-5-18)31-14-27-9-8-21(31)33/h1-3,8-10,14,17-19H,4-7,11-13H2,(H,28,34)(H,29,32)/t18-,19+. The van der Waals surface area contributed by atoms with E-state index in [-0.39, 0.29) is 35.7 Å². The molecule has 11 heteroatoms. The normalized spacial score (nSPS) is 21.5. The van der Waals surface area contributed by atoms with Gasteiger partial charge in [0.1, 0.15) is 0 Å². The third kappa shape index (κ3) is 5.64. The number of rotatable bonds is 6. The summed E-state index contributed by atoms with van der Waals surface area (Å²) >= 11 is 0. The number of nitrogens with zero attached hydrogens (tertiary/aromatic N) is 3. The van der Waals surface area contributed by atoms with E-state index in [0.717, 1.165) is 43.9 Å². The van der Waals surface area contributed by atoms with Gasteiger partial charge >= 0.3 is 6.18 Å². The molecule has 2 aromatic rings. The van der Waals surface area contributed by atoms with E-state index in [1.165, 1.54) is 18.3 Å². The van der Waals surface area contributed by atoms with Crippen LogP contribution in [0.5, 0.6) is 0 Å². The van der Waals surface area contributed by atoms with Crippen molar-refractivity contribution in [1.82, 2.24) is 25.1 Å². The Kier molecular flexibility index (Phi) is 7.01. The minimum absolute atomic E-state index is 0.0309. The molecule has 2 aliphatic rings. The molecule has 2 fully saturated rings. The molecular formula is C23H26F3N5O3. The van der Waals surface area contributed by atoms with Crippen LogP contribution in [0.1, 0.15) is 47.6 Å². The summed E-state index contributed by atoms with van der Waals surface area (Å²) < 4.78 is 40.1. The summed E-state index contributed by atoms with van der Waals surface area (Å²) in [7, 11) is 0. The summed E-state index contributed by atoms with van der Waals surface area (Å²) in [5.41, 5.74) is -1.10. The lowest BCUT2D eigenvalue weighted by Gasteiger charge is -2.46. The minimum Gasteiger partial charge on any atom is -0.349 e. The lowest BCUT2D eigenvalue weighted by atomic mass is 9.88. The molecule has 0 spiro atoms. The fourth-order valence-corrected chi connectivity index (χ4v) is 4.62. The average Bonchev–Trinajstić information content (AvgIpc) is 2.79. The summed E-state index contributed by atoms with van der Waals surface area (Å²) in [5.74, 6) is -1.12. The van der Waals surface area contributed by atoms with Gasteiger partial charge in [-0.3, -0.25) is 23.9 Å². The fourth-order valence-electron chi connectivity index (χ4n) is 4.62. The van der Waals surface area contributed by atoms with Crippen LogP contribution in [-0.4, -0.2) is 58.0 Å². The predicted molar refractivity (Wildman–Crippen MR) is 117 cm³/mol. The quantitative estimate of drug-likeness (QED) is 0.664. The predicted octanol–water partition coefficient (Wildman–Crippen LogP) is 1.98. The number of alkyl halides is 3. The number of hydrogen-bond donors (Lipinski definition) is 2. The number of nitrogens with one attached hydrogen (secondary N) is 2. The Morgan fingerprint density at radius 1 is 1.06 bits per heavy atom. The van der Waals surface area contributed by atoms with Crippen molar-refractivity contribution in [3.8, 4) is 0 Å². The van der Waals surface area contributed by atoms with Crippen molar-refractivity contribution in [2.45, 2.75) is 50.0 Å². The highest BCUT2D eigenvalue weighted by atomic mass is 19.4. The Balaban J connectivity index is 1.17. The molecule has 1 aromatic heterocycles. The van der Waals surface area contributed by atoms with Crippen molar-refractivity contribution in [1.29, 1.82) is 0 Å². The van der Waals surface area contributed by atoms with Crippen molar-refractivity contribution in [3.05, 3.63) is 64.3 Å². The second-order valence-electron chi connectivity index (χ2n) is 8.77. The fraction of sp³-hybridized carbons (Fsp3) is 0.478. The van der Waals surface area contributed by atoms with Gasteiger partial charge in [0.05, 0.1) is 24.5 Å². The monoisotopic (exact) mass is 477 g/mol. The van der Waals surface area contributed by atoms with Crippen LogP contribution in [0.4, 0.5) is 13.2 Å². The molecule has 1 aliphatic carbocycles. The lowest BCUT2D eigenvalue weighted by Crippen LogP contribution is -2.63. The molecule has 182 valence electrons. The Hall–Kier alpha value is -3.21. The zero-order chi connectivity index (χ0) is 24.3. The van der Waals surface area contributed by atoms with Crippen molar-refractivity contribution in [2.75, 3.05) is 19.6 Å². The molecule has 1 saturated carbocycles. The highest BCUT2D eigenvalue weighted by Crippen LogP contribution is 2.32. The van der Waals surface area contributed by atoms with E-state index in [9.17, 15) is 27.6 Å². The third-order valence-electron chi connectivity index (χ3n) is 6.46. The van der Waals surface area contributed by atoms with Gasteiger partial charge in [0.25, 0.3) is 11.5 Å². The Bertz CT molecular complexity index is 1090. The van der Waals surface area contributed by atoms with Gasteiger partial charge in [0.15, 0.2) is 0 Å². The third-order valence-corrected chi connectivity index (χ3v) is 6.46. The first-order chi connectivity index (χ1) is 16.2. The van der Waals surface area contributed by atoms with Gasteiger partial charge in [0, 0.05) is 43.0 Å². The van der Waals surface area contributed by atoms with Crippen LogP contribution < -0.4 is 16.2 Å². The number of carbonyl (C=O) groups excluding carboxylic acids is 2. The lowest BCUT2D eigenvalue weighted by molar-refractivity contribution is -0.137. The molecule has 1 aromatic carbocycles. The molecule has 2 amide bonds. The smallest absolute Gasteiger partial charge is 0.349 e. The number of aromatic nitrogens is 2. The van der Waals surface area contributed by atoms with Crippen molar-refractivity contribution in [3.63, 3.8) is 0 Å². The number of amides is 2. The van der Waals surface area contributed by atoms with Crippen molar-refractivity contribution < 1.29 is 22.8 Å². The molecule has 2 N–H and O–H groups in total. The number of benzene rings is 1. The van der Waals surface area contributed by atoms with Crippen molar-refractivity contribution >= 4 is 11.8 Å². The van der Waals surface area contributed by atoms with Crippen LogP contribution in [0.3, 0.4) is 0 Å². The minimum atomic E-state index is -4.54. The molecule has 1 aliphatic heterocycles. The molecule has 2 heterocycles. The van der Waals surface area contributed by atoms with Crippen LogP contribution >= 0.6 is 0 Å². The first-order valence-electron chi connectivity index (χ1n) is 11.2. The van der Waals surface area contributed by atoms with Gasteiger partial charge in [-0.2, -0.15) is 13.2 Å². The molecule has 0 atom stereocenters. The van der Waals surface area contributed by atoms with Gasteiger partial charge in [-0.1, -0.05) is 6.07 Å². The average molecular weight is 477 g/mol. The maximum Gasteiger partial charge on any atom is 0.416 e. The Morgan fingerprint density at radius 3 is 2.44 bits per heavy atom. The Morgan fingerprint density at radius 2 is 1.76 bits per heavy atom. The number of halogens is 3. The summed E-state index contributed by atoms with van der Waals surface area (Å²) in [6.45, 7) is 1.10. The van der Waals surface area contributed by atoms with Crippen LogP contribution in [0.25, 0.3) is 0 Å². The van der Waals surface area contributed by atoms with Crippen molar-refractivity contribution in [2.24, 2.45) is 0 Å². The second-order valence-corrected chi connectivity index (χ2v) is 8.77. The van der Waals surface area contributed by atoms with Gasteiger partial charge in [-0.05, 0) is 43.9 Å². The zero-order valence-corrected chi connectivity index (χ0v) is 18.4. The SMILES string of the molecule is O=C(CNC(=O)c1cccc(C(F)(F)F)c1)NC1CN([C@H]2CC[C@@H](n3cnccc3=O)CC2)C1. The van der Waals surface area contributed by atoms with Crippen LogP contribution in [-0.2, 0) is 11.0 Å². The number of carbonyl (C=O) groups is 2. The Labute approximate surface area is 194 Å². The summed E-state index contributed by atoms with van der Waals surface area (Å²) in [6.07, 6.45) is 2.25. The first kappa shape index (κ1) is 23.9. The molecule has 8 nitrogen and oxygen atoms in total. The summed E-state index contributed by atoms with van der Waals surface area (Å²) in [6, 6.07) is 6.07. The summed E-state index contributed by atoms with van der Waals surface area (Å²) in [5, 5.41) is 5.21. The van der Waals surface area contributed by atoms with Crippen LogP contribution in [0, 0.1) is 0 Å². The van der Waals surface area contributed by atoms with E-state index in [1.54, 1.807) is 10.9 Å². The molecule has 0 radical (unpaired) electrons. The highest BCUT2D eigenvalue weighted by molar-refractivity contribution is 5.96. The molecule has 0 bridgehead atoms. The molecule has 1 saturated heterocycles. The second kappa shape index (κ2) is 9.96. The molecule has 0 unspecified atom stereocenters. The van der Waals surface area contributed by atoms with E-state index in [0.29, 0.717) is 19.1 Å². The van der Waals surface area contributed by atoms with E-state index < -0.39 is 17.6 Å². The highest BCUT2D eigenvalue weighted by Gasteiger charge is 2.35. The zero-order valence-electron chi connectivity index (χ0n) is 18.4. The number of hydrogen-bond acceptors (Lipinski definition) is 5. The van der Waals surface area contributed by atoms with Crippen LogP contribution in [0.2, 0.25) is 0 Å². The topological polar surface area (TPSA) is 96.3 Å². The van der Waals surface area contributed by atoms with Gasteiger partial charge in [-0.15, -0.1) is 0 Å². The van der Waals surface area contributed by atoms with E-state index >= 15 is 0 Å². The molecular weight excluding hydrogens is 451 g/mol. The molecule has 4 rings (SSSR count). The number of likely N-dealkylation sites (tertiary alicyclic amines) is 1. The van der Waals surface area contributed by atoms with Gasteiger partial charge in [-0.25, -0.2) is 4.98 Å². The van der Waals surface area contributed by atoms with E-state index in [1.807, 2.05) is 0 Å². The summed E-state index contributed by atoms with van der Waals surface area (Å²) in [4.78, 5) is 42.6. The van der Waals surface area contributed by atoms with Crippen LogP contribution in [0.15, 0.2) is 47.7 Å². The first-order valence-corrected chi connectivity index (χ1v) is 11.2.